The molecule has 1 aliphatic rings. The van der Waals surface area contributed by atoms with E-state index >= 15 is 0 Å². The molecule has 1 atom stereocenters. The first-order valence-electron chi connectivity index (χ1n) is 13.0. The number of para-hydroxylation sites is 2. The topological polar surface area (TPSA) is 24.9 Å². The molecule has 0 spiro atoms. The molecule has 6 aromatic rings. The fourth-order valence-corrected chi connectivity index (χ4v) is 6.04. The van der Waals surface area contributed by atoms with Crippen LogP contribution in [0, 0.1) is 0 Å². The second kappa shape index (κ2) is 9.17. The maximum absolute atomic E-state index is 4.24. The van der Waals surface area contributed by atoms with Crippen molar-refractivity contribution in [1.29, 1.82) is 0 Å². The lowest BCUT2D eigenvalue weighted by Crippen LogP contribution is -2.29. The number of fused-ring (bicyclic) bond motifs is 3. The van der Waals surface area contributed by atoms with Gasteiger partial charge in [-0.25, -0.2) is 0 Å². The largest absolute Gasteiger partial charge is 0.355 e. The van der Waals surface area contributed by atoms with Gasteiger partial charge in [-0.2, -0.15) is 0 Å². The Morgan fingerprint density at radius 2 is 1.11 bits per heavy atom. The van der Waals surface area contributed by atoms with E-state index in [0.717, 1.165) is 16.9 Å². The molecule has 2 nitrogen and oxygen atoms in total. The number of hydrogen-bond acceptors (Lipinski definition) is 2. The number of pyridine rings is 1. The van der Waals surface area contributed by atoms with Crippen LogP contribution >= 0.6 is 0 Å². The van der Waals surface area contributed by atoms with Crippen LogP contribution in [-0.4, -0.2) is 4.98 Å². The van der Waals surface area contributed by atoms with E-state index in [9.17, 15) is 0 Å². The number of anilines is 2. The third kappa shape index (κ3) is 3.46. The molecule has 1 heterocycles. The second-order valence-corrected chi connectivity index (χ2v) is 9.69. The Morgan fingerprint density at radius 3 is 1.89 bits per heavy atom. The smallest absolute Gasteiger partial charge is 0.0733 e. The lowest BCUT2D eigenvalue weighted by atomic mass is 9.67. The van der Waals surface area contributed by atoms with Crippen molar-refractivity contribution in [2.45, 2.75) is 5.41 Å². The summed E-state index contributed by atoms with van der Waals surface area (Å²) < 4.78 is 0. The van der Waals surface area contributed by atoms with E-state index in [-0.39, 0.29) is 0 Å². The molecule has 0 aliphatic heterocycles. The van der Waals surface area contributed by atoms with Gasteiger partial charge in [-0.15, -0.1) is 0 Å². The molecule has 0 saturated carbocycles. The van der Waals surface area contributed by atoms with Crippen LogP contribution in [0.3, 0.4) is 0 Å². The summed E-state index contributed by atoms with van der Waals surface area (Å²) in [5.74, 6) is 0. The number of hydrogen-bond donors (Lipinski definition) is 1. The zero-order valence-corrected chi connectivity index (χ0v) is 20.9. The Morgan fingerprint density at radius 1 is 0.474 bits per heavy atom. The first kappa shape index (κ1) is 22.3. The first-order valence-corrected chi connectivity index (χ1v) is 13.0. The van der Waals surface area contributed by atoms with E-state index < -0.39 is 5.41 Å². The van der Waals surface area contributed by atoms with E-state index in [0.29, 0.717) is 0 Å². The molecule has 1 aliphatic carbocycles. The van der Waals surface area contributed by atoms with Crippen molar-refractivity contribution < 1.29 is 0 Å². The van der Waals surface area contributed by atoms with Gasteiger partial charge in [0.2, 0.25) is 0 Å². The van der Waals surface area contributed by atoms with Gasteiger partial charge in [0.1, 0.15) is 0 Å². The Labute approximate surface area is 223 Å². The quantitative estimate of drug-likeness (QED) is 0.263. The van der Waals surface area contributed by atoms with E-state index in [1.165, 1.54) is 38.9 Å². The molecule has 180 valence electrons. The molecule has 1 unspecified atom stereocenters. The highest BCUT2D eigenvalue weighted by atomic mass is 14.9. The summed E-state index contributed by atoms with van der Waals surface area (Å²) >= 11 is 0. The Bertz CT molecular complexity index is 1730. The van der Waals surface area contributed by atoms with Crippen LogP contribution in [0.4, 0.5) is 11.4 Å². The highest BCUT2D eigenvalue weighted by Gasteiger charge is 2.47. The molecule has 5 aromatic carbocycles. The van der Waals surface area contributed by atoms with Crippen LogP contribution in [0.25, 0.3) is 22.3 Å². The Balaban J connectivity index is 1.57. The van der Waals surface area contributed by atoms with Crippen LogP contribution in [-0.2, 0) is 5.41 Å². The van der Waals surface area contributed by atoms with Crippen molar-refractivity contribution in [2.75, 3.05) is 5.32 Å². The minimum Gasteiger partial charge on any atom is -0.355 e. The monoisotopic (exact) mass is 486 g/mol. The molecule has 1 aromatic heterocycles. The fraction of sp³-hybridized carbons (Fsp3) is 0.0278. The van der Waals surface area contributed by atoms with E-state index in [2.05, 4.69) is 144 Å². The molecule has 0 amide bonds. The number of aromatic nitrogens is 1. The summed E-state index contributed by atoms with van der Waals surface area (Å²) in [6.45, 7) is 0. The van der Waals surface area contributed by atoms with Gasteiger partial charge in [-0.3, -0.25) is 4.98 Å². The predicted molar refractivity (Wildman–Crippen MR) is 157 cm³/mol. The lowest BCUT2D eigenvalue weighted by molar-refractivity contribution is 0.771. The van der Waals surface area contributed by atoms with Crippen LogP contribution < -0.4 is 5.32 Å². The van der Waals surface area contributed by atoms with Crippen LogP contribution in [0.2, 0.25) is 0 Å². The summed E-state index contributed by atoms with van der Waals surface area (Å²) in [6.07, 6.45) is 3.72. The van der Waals surface area contributed by atoms with Crippen LogP contribution in [0.15, 0.2) is 152 Å². The van der Waals surface area contributed by atoms with Gasteiger partial charge in [0, 0.05) is 23.8 Å². The summed E-state index contributed by atoms with van der Waals surface area (Å²) in [5.41, 5.74) is 11.7. The first-order chi connectivity index (χ1) is 18.9. The van der Waals surface area contributed by atoms with Crippen molar-refractivity contribution in [3.8, 4) is 22.3 Å². The van der Waals surface area contributed by atoms with E-state index in [4.69, 9.17) is 0 Å². The third-order valence-electron chi connectivity index (χ3n) is 7.65. The van der Waals surface area contributed by atoms with Gasteiger partial charge in [-0.1, -0.05) is 103 Å². The third-order valence-corrected chi connectivity index (χ3v) is 7.65. The average molecular weight is 487 g/mol. The van der Waals surface area contributed by atoms with Gasteiger partial charge >= 0.3 is 0 Å². The van der Waals surface area contributed by atoms with E-state index in [1.54, 1.807) is 0 Å². The van der Waals surface area contributed by atoms with Crippen molar-refractivity contribution in [3.05, 3.63) is 174 Å². The molecular weight excluding hydrogens is 460 g/mol. The highest BCUT2D eigenvalue weighted by molar-refractivity contribution is 5.90. The van der Waals surface area contributed by atoms with Gasteiger partial charge in [0.25, 0.3) is 0 Å². The van der Waals surface area contributed by atoms with Crippen molar-refractivity contribution >= 4 is 11.4 Å². The lowest BCUT2D eigenvalue weighted by Gasteiger charge is -2.35. The second-order valence-electron chi connectivity index (χ2n) is 9.69. The Kier molecular flexibility index (Phi) is 5.37. The zero-order valence-electron chi connectivity index (χ0n) is 20.9. The molecule has 38 heavy (non-hydrogen) atoms. The summed E-state index contributed by atoms with van der Waals surface area (Å²) in [5, 5.41) is 3.74. The summed E-state index contributed by atoms with van der Waals surface area (Å²) in [4.78, 5) is 4.24. The van der Waals surface area contributed by atoms with Crippen LogP contribution in [0.1, 0.15) is 22.3 Å². The summed E-state index contributed by atoms with van der Waals surface area (Å²) in [6, 6.07) is 50.1. The number of nitrogens with one attached hydrogen (secondary N) is 1. The van der Waals surface area contributed by atoms with Gasteiger partial charge in [0.05, 0.1) is 5.41 Å². The SMILES string of the molecule is c1ccc(Nc2ccccc2C2(c3ccccc3)c3ccccc3-c3ccc(-c4ccncc4)cc32)cc1. The highest BCUT2D eigenvalue weighted by Crippen LogP contribution is 2.58. The van der Waals surface area contributed by atoms with E-state index in [1.807, 2.05) is 18.5 Å². The molecule has 0 radical (unpaired) electrons. The van der Waals surface area contributed by atoms with Crippen molar-refractivity contribution in [2.24, 2.45) is 0 Å². The molecule has 0 fully saturated rings. The standard InChI is InChI=1S/C36H26N2/c1-3-11-28(12-4-1)36(33-17-9-10-18-35(33)38-29-13-5-2-6-14-29)32-16-8-7-15-30(32)31-20-19-27(25-34(31)36)26-21-23-37-24-22-26/h1-25,38H. The maximum atomic E-state index is 4.24. The molecule has 1 N–H and O–H groups in total. The predicted octanol–water partition coefficient (Wildman–Crippen LogP) is 8.86. The minimum absolute atomic E-state index is 0.491. The van der Waals surface area contributed by atoms with Crippen molar-refractivity contribution in [3.63, 3.8) is 0 Å². The normalized spacial score (nSPS) is 15.5. The number of nitrogens with zero attached hydrogens (tertiary/aromatic N) is 1. The van der Waals surface area contributed by atoms with Gasteiger partial charge < -0.3 is 5.32 Å². The van der Waals surface area contributed by atoms with Crippen LogP contribution in [0.5, 0.6) is 0 Å². The summed E-state index contributed by atoms with van der Waals surface area (Å²) in [7, 11) is 0. The zero-order chi connectivity index (χ0) is 25.4. The van der Waals surface area contributed by atoms with Gasteiger partial charge in [0.15, 0.2) is 0 Å². The molecule has 0 saturated heterocycles. The molecule has 0 bridgehead atoms. The minimum atomic E-state index is -0.491. The van der Waals surface area contributed by atoms with Gasteiger partial charge in [-0.05, 0) is 80.9 Å². The molecule has 2 heteroatoms. The maximum Gasteiger partial charge on any atom is 0.0733 e. The molecular formula is C36H26N2. The fourth-order valence-electron chi connectivity index (χ4n) is 6.04. The average Bonchev–Trinajstić information content (AvgIpc) is 3.29. The number of rotatable bonds is 5. The number of benzene rings is 5. The Hall–Kier alpha value is -4.95. The van der Waals surface area contributed by atoms with Crippen molar-refractivity contribution in [1.82, 2.24) is 4.98 Å². The molecule has 7 rings (SSSR count).